The Morgan fingerprint density at radius 2 is 1.50 bits per heavy atom. The molecule has 0 aliphatic rings. The third-order valence-corrected chi connectivity index (χ3v) is 8.01. The Kier molecular flexibility index (Phi) is 11.2. The molecule has 0 radical (unpaired) electrons. The number of thioether (sulfide) groups is 1. The predicted octanol–water partition coefficient (Wildman–Crippen LogP) is 8.16. The highest BCUT2D eigenvalue weighted by Gasteiger charge is 2.16. The molecule has 0 aliphatic heterocycles. The van der Waals surface area contributed by atoms with Gasteiger partial charge < -0.3 is 20.7 Å². The third-order valence-electron chi connectivity index (χ3n) is 7.02. The van der Waals surface area contributed by atoms with Crippen LogP contribution in [0.1, 0.15) is 35.7 Å². The number of ether oxygens (including phenoxy) is 1. The second kappa shape index (κ2) is 16.1. The van der Waals surface area contributed by atoms with Gasteiger partial charge in [-0.3, -0.25) is 14.4 Å². The summed E-state index contributed by atoms with van der Waals surface area (Å²) < 4.78 is 5.68. The van der Waals surface area contributed by atoms with E-state index in [1.807, 2.05) is 84.9 Å². The molecule has 0 bridgehead atoms. The molecular formula is C38H35N3O4S. The second-order valence-electron chi connectivity index (χ2n) is 10.5. The predicted molar refractivity (Wildman–Crippen MR) is 187 cm³/mol. The van der Waals surface area contributed by atoms with Gasteiger partial charge in [0.05, 0.1) is 12.4 Å². The summed E-state index contributed by atoms with van der Waals surface area (Å²) in [7, 11) is 0. The van der Waals surface area contributed by atoms with Crippen molar-refractivity contribution in [3.8, 4) is 5.75 Å². The Hall–Kier alpha value is -5.34. The Morgan fingerprint density at radius 1 is 0.761 bits per heavy atom. The number of fused-ring (bicyclic) bond motifs is 1. The molecule has 5 aromatic rings. The van der Waals surface area contributed by atoms with Crippen LogP contribution in [0, 0.1) is 0 Å². The number of carbonyl (C=O) groups is 3. The zero-order valence-electron chi connectivity index (χ0n) is 25.5. The molecule has 0 fully saturated rings. The number of rotatable bonds is 13. The van der Waals surface area contributed by atoms with E-state index in [9.17, 15) is 14.4 Å². The Morgan fingerprint density at radius 3 is 2.30 bits per heavy atom. The number of hydrogen-bond donors (Lipinski definition) is 3. The van der Waals surface area contributed by atoms with Crippen molar-refractivity contribution in [3.63, 3.8) is 0 Å². The fourth-order valence-electron chi connectivity index (χ4n) is 4.65. The molecule has 232 valence electrons. The highest BCUT2D eigenvalue weighted by molar-refractivity contribution is 8.00. The summed E-state index contributed by atoms with van der Waals surface area (Å²) in [5.41, 5.74) is 2.56. The van der Waals surface area contributed by atoms with Gasteiger partial charge in [0.15, 0.2) is 0 Å². The molecule has 0 saturated heterocycles. The first-order chi connectivity index (χ1) is 22.5. The molecule has 3 N–H and O–H groups in total. The highest BCUT2D eigenvalue weighted by atomic mass is 32.2. The minimum atomic E-state index is -0.473. The van der Waals surface area contributed by atoms with E-state index in [-0.39, 0.29) is 17.4 Å². The first-order valence-electron chi connectivity index (χ1n) is 15.1. The molecule has 0 heterocycles. The van der Waals surface area contributed by atoms with Crippen molar-refractivity contribution in [1.29, 1.82) is 0 Å². The fourth-order valence-corrected chi connectivity index (χ4v) is 5.41. The van der Waals surface area contributed by atoms with E-state index in [0.717, 1.165) is 39.8 Å². The van der Waals surface area contributed by atoms with Crippen molar-refractivity contribution in [3.05, 3.63) is 138 Å². The summed E-state index contributed by atoms with van der Waals surface area (Å²) in [4.78, 5) is 40.2. The minimum Gasteiger partial charge on any atom is -0.494 e. The summed E-state index contributed by atoms with van der Waals surface area (Å²) in [5.74, 6) is -0.0567. The van der Waals surface area contributed by atoms with Crippen LogP contribution in [0.3, 0.4) is 0 Å². The van der Waals surface area contributed by atoms with Crippen molar-refractivity contribution in [2.45, 2.75) is 24.7 Å². The van der Waals surface area contributed by atoms with Gasteiger partial charge in [0, 0.05) is 21.8 Å². The summed E-state index contributed by atoms with van der Waals surface area (Å²) in [6, 6.07) is 37.0. The second-order valence-corrected chi connectivity index (χ2v) is 11.5. The van der Waals surface area contributed by atoms with Gasteiger partial charge in [-0.05, 0) is 83.4 Å². The zero-order valence-corrected chi connectivity index (χ0v) is 26.3. The molecule has 5 rings (SSSR count). The largest absolute Gasteiger partial charge is 0.494 e. The molecule has 0 unspecified atom stereocenters. The molecule has 0 atom stereocenters. The van der Waals surface area contributed by atoms with Crippen LogP contribution >= 0.6 is 11.8 Å². The molecule has 7 nitrogen and oxygen atoms in total. The lowest BCUT2D eigenvalue weighted by atomic mass is 10.0. The fraction of sp³-hybridized carbons (Fsp3) is 0.132. The normalized spacial score (nSPS) is 11.1. The van der Waals surface area contributed by atoms with E-state index in [1.54, 1.807) is 42.5 Å². The van der Waals surface area contributed by atoms with E-state index in [1.165, 1.54) is 11.8 Å². The van der Waals surface area contributed by atoms with Gasteiger partial charge in [0.2, 0.25) is 5.91 Å². The quantitative estimate of drug-likeness (QED) is 0.0694. The smallest absolute Gasteiger partial charge is 0.272 e. The Labute approximate surface area is 273 Å². The maximum absolute atomic E-state index is 13.6. The monoisotopic (exact) mass is 629 g/mol. The van der Waals surface area contributed by atoms with Gasteiger partial charge in [-0.1, -0.05) is 80.1 Å². The highest BCUT2D eigenvalue weighted by Crippen LogP contribution is 2.24. The number of amides is 3. The number of benzene rings is 5. The van der Waals surface area contributed by atoms with E-state index in [0.29, 0.717) is 23.5 Å². The van der Waals surface area contributed by atoms with Crippen molar-refractivity contribution >= 4 is 57.7 Å². The van der Waals surface area contributed by atoms with E-state index >= 15 is 0 Å². The van der Waals surface area contributed by atoms with Crippen LogP contribution in [0.2, 0.25) is 0 Å². The lowest BCUT2D eigenvalue weighted by Gasteiger charge is -2.13. The summed E-state index contributed by atoms with van der Waals surface area (Å²) in [5, 5.41) is 10.6. The van der Waals surface area contributed by atoms with Crippen LogP contribution in [0.15, 0.2) is 132 Å². The van der Waals surface area contributed by atoms with Gasteiger partial charge in [-0.25, -0.2) is 0 Å². The maximum Gasteiger partial charge on any atom is 0.272 e. The number of hydrogen-bond acceptors (Lipinski definition) is 5. The summed E-state index contributed by atoms with van der Waals surface area (Å²) >= 11 is 1.35. The SMILES string of the molecule is CCCCOc1ccc(NC(=O)CSc2cccc(NC(=O)/C(=C\c3cccc4ccccc34)NC(=O)c3ccccc3)c2)cc1. The maximum atomic E-state index is 13.6. The lowest BCUT2D eigenvalue weighted by molar-refractivity contribution is -0.114. The van der Waals surface area contributed by atoms with Crippen LogP contribution in [-0.2, 0) is 9.59 Å². The van der Waals surface area contributed by atoms with E-state index in [4.69, 9.17) is 4.74 Å². The van der Waals surface area contributed by atoms with Crippen LogP contribution in [0.25, 0.3) is 16.8 Å². The van der Waals surface area contributed by atoms with Gasteiger partial charge in [0.25, 0.3) is 11.8 Å². The topological polar surface area (TPSA) is 96.5 Å². The Bertz CT molecular complexity index is 1830. The molecule has 5 aromatic carbocycles. The van der Waals surface area contributed by atoms with Gasteiger partial charge in [0.1, 0.15) is 11.4 Å². The van der Waals surface area contributed by atoms with Crippen molar-refractivity contribution in [1.82, 2.24) is 5.32 Å². The number of unbranched alkanes of at least 4 members (excludes halogenated alkanes) is 1. The molecule has 0 aromatic heterocycles. The van der Waals surface area contributed by atoms with Crippen molar-refractivity contribution in [2.24, 2.45) is 0 Å². The average Bonchev–Trinajstić information content (AvgIpc) is 3.08. The number of carbonyl (C=O) groups excluding carboxylic acids is 3. The first-order valence-corrected chi connectivity index (χ1v) is 16.1. The summed E-state index contributed by atoms with van der Waals surface area (Å²) in [6.45, 7) is 2.78. The molecule has 46 heavy (non-hydrogen) atoms. The van der Waals surface area contributed by atoms with Crippen LogP contribution in [0.5, 0.6) is 5.75 Å². The van der Waals surface area contributed by atoms with Crippen molar-refractivity contribution in [2.75, 3.05) is 23.0 Å². The van der Waals surface area contributed by atoms with E-state index < -0.39 is 11.8 Å². The summed E-state index contributed by atoms with van der Waals surface area (Å²) in [6.07, 6.45) is 3.75. The Balaban J connectivity index is 1.26. The van der Waals surface area contributed by atoms with Crippen molar-refractivity contribution < 1.29 is 19.1 Å². The van der Waals surface area contributed by atoms with E-state index in [2.05, 4.69) is 22.9 Å². The van der Waals surface area contributed by atoms with Gasteiger partial charge >= 0.3 is 0 Å². The lowest BCUT2D eigenvalue weighted by Crippen LogP contribution is -2.30. The van der Waals surface area contributed by atoms with Crippen LogP contribution in [0.4, 0.5) is 11.4 Å². The third kappa shape index (κ3) is 9.09. The average molecular weight is 630 g/mol. The minimum absolute atomic E-state index is 0.101. The number of anilines is 2. The van der Waals surface area contributed by atoms with Crippen LogP contribution in [-0.4, -0.2) is 30.1 Å². The standard InChI is InChI=1S/C38H35N3O4S/c1-2-3-23-45-32-21-19-30(20-22-32)39-36(42)26-46-33-17-10-16-31(25-33)40-38(44)35(41-37(43)28-12-5-4-6-13-28)24-29-15-9-14-27-11-7-8-18-34(27)29/h4-22,24-25H,2-3,23,26H2,1H3,(H,39,42)(H,40,44)(H,41,43)/b35-24+. The van der Waals surface area contributed by atoms with Gasteiger partial charge in [-0.2, -0.15) is 0 Å². The molecule has 0 aliphatic carbocycles. The molecule has 0 saturated carbocycles. The first kappa shape index (κ1) is 32.1. The zero-order chi connectivity index (χ0) is 32.1. The molecule has 8 heteroatoms. The molecular weight excluding hydrogens is 595 g/mol. The molecule has 3 amide bonds. The van der Waals surface area contributed by atoms with Gasteiger partial charge in [-0.15, -0.1) is 11.8 Å². The number of nitrogens with one attached hydrogen (secondary N) is 3. The molecule has 0 spiro atoms. The van der Waals surface area contributed by atoms with Crippen LogP contribution < -0.4 is 20.7 Å².